The molecule has 0 bridgehead atoms. The molecule has 0 aliphatic carbocycles. The van der Waals surface area contributed by atoms with Gasteiger partial charge in [-0.3, -0.25) is 4.79 Å². The highest BCUT2D eigenvalue weighted by Crippen LogP contribution is 2.20. The number of hydrogen-bond acceptors (Lipinski definition) is 2. The number of nitrogens with one attached hydrogen (secondary N) is 1. The van der Waals surface area contributed by atoms with Crippen LogP contribution in [0.2, 0.25) is 0 Å². The van der Waals surface area contributed by atoms with E-state index in [2.05, 4.69) is 3.53 Å². The number of benzene rings is 3. The van der Waals surface area contributed by atoms with E-state index in [1.54, 1.807) is 30.3 Å². The minimum Gasteiger partial charge on any atom is -0.376 e. The highest BCUT2D eigenvalue weighted by molar-refractivity contribution is 14.2. The summed E-state index contributed by atoms with van der Waals surface area (Å²) in [6.45, 7) is 0. The van der Waals surface area contributed by atoms with E-state index in [1.807, 2.05) is 6.07 Å². The molecular formula is C21H15F2IN2OS. The van der Waals surface area contributed by atoms with Gasteiger partial charge in [-0.25, -0.2) is 8.78 Å². The maximum Gasteiger partial charge on any atom is 0.193 e. The highest BCUT2D eigenvalue weighted by atomic mass is 127. The fourth-order valence-corrected chi connectivity index (χ4v) is 4.64. The number of rotatable bonds is 5. The Morgan fingerprint density at radius 3 is 1.93 bits per heavy atom. The molecule has 3 aromatic carbocycles. The molecule has 0 spiro atoms. The van der Waals surface area contributed by atoms with Crippen molar-refractivity contribution in [1.82, 2.24) is 3.53 Å². The van der Waals surface area contributed by atoms with Crippen molar-refractivity contribution in [3.63, 3.8) is 0 Å². The smallest absolute Gasteiger partial charge is 0.193 e. The van der Waals surface area contributed by atoms with Gasteiger partial charge < -0.3 is 9.26 Å². The second-order valence-corrected chi connectivity index (χ2v) is 8.39. The van der Waals surface area contributed by atoms with E-state index in [9.17, 15) is 13.6 Å². The molecule has 3 nitrogen and oxygen atoms in total. The minimum atomic E-state index is -0.824. The molecule has 0 saturated heterocycles. The first-order valence-corrected chi connectivity index (χ1v) is 10.7. The van der Waals surface area contributed by atoms with E-state index in [-0.39, 0.29) is 16.7 Å². The molecule has 0 aliphatic heterocycles. The van der Waals surface area contributed by atoms with Gasteiger partial charge in [-0.2, -0.15) is 0 Å². The number of carbonyl (C=O) groups is 1. The summed E-state index contributed by atoms with van der Waals surface area (Å²) in [6.07, 6.45) is 0. The van der Waals surface area contributed by atoms with Crippen molar-refractivity contribution < 1.29 is 13.6 Å². The molecule has 0 radical (unpaired) electrons. The van der Waals surface area contributed by atoms with Crippen molar-refractivity contribution in [3.8, 4) is 0 Å². The van der Waals surface area contributed by atoms with Crippen LogP contribution in [0.4, 0.5) is 8.78 Å². The quantitative estimate of drug-likeness (QED) is 0.231. The van der Waals surface area contributed by atoms with E-state index in [0.29, 0.717) is 11.1 Å². The minimum absolute atomic E-state index is 0.186. The third kappa shape index (κ3) is 5.05. The lowest BCUT2D eigenvalue weighted by Crippen LogP contribution is -2.21. The first-order valence-electron chi connectivity index (χ1n) is 8.17. The zero-order valence-corrected chi connectivity index (χ0v) is 17.4. The molecule has 0 heterocycles. The highest BCUT2D eigenvalue weighted by Gasteiger charge is 2.13. The Bertz CT molecular complexity index is 1050. The normalized spacial score (nSPS) is 11.4. The monoisotopic (exact) mass is 508 g/mol. The first-order chi connectivity index (χ1) is 13.4. The molecular weight excluding hydrogens is 493 g/mol. The van der Waals surface area contributed by atoms with Crippen LogP contribution in [-0.4, -0.2) is 14.4 Å². The molecule has 28 heavy (non-hydrogen) atoms. The standard InChI is InChI=1S/C21H15F2IN2OS/c22-17-8-4-13(5-9-17)19(24-26-21(25)28)15-2-1-3-16(12-15)20(27)14-6-10-18(23)11-7-14/h1-12H,(H3,25,26,28). The van der Waals surface area contributed by atoms with Gasteiger partial charge in [0, 0.05) is 35.6 Å². The third-order valence-corrected chi connectivity index (χ3v) is 6.92. The maximum absolute atomic E-state index is 13.3. The van der Waals surface area contributed by atoms with E-state index >= 15 is 0 Å². The number of carbonyl (C=O) groups excluding carboxylic acids is 1. The Hall–Kier alpha value is -2.52. The summed E-state index contributed by atoms with van der Waals surface area (Å²) in [6, 6.07) is 18.7. The molecule has 0 saturated carbocycles. The SMILES string of the molecule is NC(=S)NI=C(c1ccc(F)cc1)c1cccc(C(=O)c2ccc(F)cc2)c1. The van der Waals surface area contributed by atoms with Crippen LogP contribution in [0.1, 0.15) is 27.0 Å². The molecule has 0 amide bonds. The van der Waals surface area contributed by atoms with Crippen LogP contribution in [0.3, 0.4) is 0 Å². The number of ketones is 1. The summed E-state index contributed by atoms with van der Waals surface area (Å²) in [4.78, 5) is 12.8. The van der Waals surface area contributed by atoms with Crippen molar-refractivity contribution in [1.29, 1.82) is 0 Å². The van der Waals surface area contributed by atoms with Crippen molar-refractivity contribution in [3.05, 3.63) is 107 Å². The van der Waals surface area contributed by atoms with Crippen molar-refractivity contribution >= 4 is 47.6 Å². The molecule has 0 fully saturated rings. The molecule has 3 rings (SSSR count). The Morgan fingerprint density at radius 1 is 0.821 bits per heavy atom. The Kier molecular flexibility index (Phi) is 6.58. The van der Waals surface area contributed by atoms with Gasteiger partial charge in [0.15, 0.2) is 10.9 Å². The summed E-state index contributed by atoms with van der Waals surface area (Å²) < 4.78 is 30.4. The zero-order valence-electron chi connectivity index (χ0n) is 14.5. The van der Waals surface area contributed by atoms with Gasteiger partial charge in [-0.05, 0) is 65.8 Å². The zero-order chi connectivity index (χ0) is 20.1. The van der Waals surface area contributed by atoms with Gasteiger partial charge >= 0.3 is 0 Å². The summed E-state index contributed by atoms with van der Waals surface area (Å²) in [5.41, 5.74) is 8.09. The molecule has 3 N–H and O–H groups in total. The molecule has 0 unspecified atom stereocenters. The van der Waals surface area contributed by atoms with Crippen molar-refractivity contribution in [2.45, 2.75) is 0 Å². The maximum atomic E-state index is 13.3. The largest absolute Gasteiger partial charge is 0.376 e. The molecule has 0 aromatic heterocycles. The van der Waals surface area contributed by atoms with Crippen molar-refractivity contribution in [2.24, 2.45) is 5.73 Å². The van der Waals surface area contributed by atoms with Gasteiger partial charge in [-0.15, -0.1) is 0 Å². The lowest BCUT2D eigenvalue weighted by atomic mass is 9.98. The topological polar surface area (TPSA) is 55.1 Å². The van der Waals surface area contributed by atoms with Crippen LogP contribution in [0, 0.1) is 11.6 Å². The van der Waals surface area contributed by atoms with Crippen LogP contribution in [0.15, 0.2) is 72.8 Å². The Labute approximate surface area is 176 Å². The van der Waals surface area contributed by atoms with Crippen LogP contribution in [0.25, 0.3) is 0 Å². The van der Waals surface area contributed by atoms with E-state index < -0.39 is 26.8 Å². The summed E-state index contributed by atoms with van der Waals surface area (Å²) in [7, 11) is 0. The predicted octanol–water partition coefficient (Wildman–Crippen LogP) is 4.48. The molecule has 0 atom stereocenters. The van der Waals surface area contributed by atoms with E-state index in [4.69, 9.17) is 18.0 Å². The summed E-state index contributed by atoms with van der Waals surface area (Å²) >= 11 is 4.09. The van der Waals surface area contributed by atoms with Gasteiger partial charge in [-0.1, -0.05) is 30.3 Å². The molecule has 142 valence electrons. The molecule has 3 aromatic rings. The van der Waals surface area contributed by atoms with Crippen LogP contribution in [0.5, 0.6) is 0 Å². The Balaban J connectivity index is 2.01. The number of hydrogen-bond donors (Lipinski definition) is 2. The fourth-order valence-electron chi connectivity index (χ4n) is 2.53. The average Bonchev–Trinajstić information content (AvgIpc) is 2.69. The summed E-state index contributed by atoms with van der Waals surface area (Å²) in [5.74, 6) is -0.935. The number of nitrogens with two attached hydrogens (primary N) is 1. The van der Waals surface area contributed by atoms with Gasteiger partial charge in [0.25, 0.3) is 0 Å². The predicted molar refractivity (Wildman–Crippen MR) is 120 cm³/mol. The second-order valence-electron chi connectivity index (χ2n) is 5.79. The van der Waals surface area contributed by atoms with Gasteiger partial charge in [0.2, 0.25) is 0 Å². The van der Waals surface area contributed by atoms with Crippen molar-refractivity contribution in [2.75, 3.05) is 0 Å². The van der Waals surface area contributed by atoms with Crippen LogP contribution in [-0.2, 0) is 0 Å². The molecule has 0 aliphatic rings. The van der Waals surface area contributed by atoms with Crippen LogP contribution >= 0.6 is 33.2 Å². The summed E-state index contributed by atoms with van der Waals surface area (Å²) in [5, 5.41) is 0.186. The first kappa shape index (κ1) is 20.2. The molecule has 7 heteroatoms. The number of thiocarbonyl (C=S) groups is 1. The third-order valence-electron chi connectivity index (χ3n) is 3.82. The lowest BCUT2D eigenvalue weighted by Gasteiger charge is -2.10. The van der Waals surface area contributed by atoms with E-state index in [0.717, 1.165) is 14.6 Å². The van der Waals surface area contributed by atoms with Gasteiger partial charge in [0.05, 0.1) is 0 Å². The second kappa shape index (κ2) is 9.11. The van der Waals surface area contributed by atoms with Gasteiger partial charge in [0.1, 0.15) is 11.6 Å². The Morgan fingerprint density at radius 2 is 1.36 bits per heavy atom. The number of halogens is 3. The average molecular weight is 508 g/mol. The van der Waals surface area contributed by atoms with E-state index in [1.165, 1.54) is 36.4 Å². The fraction of sp³-hybridized carbons (Fsp3) is 0. The lowest BCUT2D eigenvalue weighted by molar-refractivity contribution is 0.103. The van der Waals surface area contributed by atoms with Crippen LogP contribution < -0.4 is 9.26 Å².